The van der Waals surface area contributed by atoms with Gasteiger partial charge in [-0.2, -0.15) is 0 Å². The van der Waals surface area contributed by atoms with Crippen LogP contribution < -0.4 is 0 Å². The molecule has 0 saturated carbocycles. The van der Waals surface area contributed by atoms with Crippen LogP contribution >= 0.6 is 11.5 Å². The zero-order valence-electron chi connectivity index (χ0n) is 8.95. The van der Waals surface area contributed by atoms with Gasteiger partial charge >= 0.3 is 0 Å². The summed E-state index contributed by atoms with van der Waals surface area (Å²) >= 11 is 1.34. The van der Waals surface area contributed by atoms with E-state index in [-0.39, 0.29) is 0 Å². The van der Waals surface area contributed by atoms with Crippen LogP contribution in [0.5, 0.6) is 0 Å². The Balaban J connectivity index is 1.96. The number of aromatic nitrogens is 3. The Morgan fingerprint density at radius 1 is 0.941 bits per heavy atom. The summed E-state index contributed by atoms with van der Waals surface area (Å²) < 4.78 is 3.80. The van der Waals surface area contributed by atoms with Gasteiger partial charge < -0.3 is 0 Å². The number of benzene rings is 1. The Kier molecular flexibility index (Phi) is 2.63. The predicted octanol–water partition coefficient (Wildman–Crippen LogP) is 3.26. The first-order valence-corrected chi connectivity index (χ1v) is 6.06. The fourth-order valence-electron chi connectivity index (χ4n) is 1.59. The van der Waals surface area contributed by atoms with E-state index >= 15 is 0 Å². The van der Waals surface area contributed by atoms with E-state index in [1.54, 1.807) is 0 Å². The second-order valence-corrected chi connectivity index (χ2v) is 4.20. The minimum Gasteiger partial charge on any atom is -0.248 e. The van der Waals surface area contributed by atoms with Gasteiger partial charge in [0.1, 0.15) is 0 Å². The molecule has 17 heavy (non-hydrogen) atoms. The molecule has 0 spiro atoms. The van der Waals surface area contributed by atoms with Crippen LogP contribution in [0.4, 0.5) is 0 Å². The number of hydrogen-bond acceptors (Lipinski definition) is 4. The Morgan fingerprint density at radius 3 is 2.71 bits per heavy atom. The highest BCUT2D eigenvalue weighted by Crippen LogP contribution is 2.13. The fraction of sp³-hybridized carbons (Fsp3) is 0. The molecule has 0 aliphatic rings. The molecule has 0 unspecified atom stereocenters. The molecular weight excluding hydrogens is 230 g/mol. The van der Waals surface area contributed by atoms with Crippen LogP contribution in [0.25, 0.3) is 23.1 Å². The second kappa shape index (κ2) is 4.43. The maximum Gasteiger partial charge on any atom is 0.0982 e. The summed E-state index contributed by atoms with van der Waals surface area (Å²) in [6.07, 6.45) is 3.86. The largest absolute Gasteiger partial charge is 0.248 e. The van der Waals surface area contributed by atoms with Crippen molar-refractivity contribution < 1.29 is 0 Å². The van der Waals surface area contributed by atoms with Crippen molar-refractivity contribution in [2.24, 2.45) is 0 Å². The summed E-state index contributed by atoms with van der Waals surface area (Å²) in [6.45, 7) is 0. The third-order valence-corrected chi connectivity index (χ3v) is 2.94. The molecule has 3 nitrogen and oxygen atoms in total. The first kappa shape index (κ1) is 10.1. The highest BCUT2D eigenvalue weighted by molar-refractivity contribution is 7.03. The van der Waals surface area contributed by atoms with Gasteiger partial charge in [0.05, 0.1) is 16.9 Å². The molecule has 1 aromatic carbocycles. The third-order valence-electron chi connectivity index (χ3n) is 2.42. The van der Waals surface area contributed by atoms with Crippen molar-refractivity contribution in [3.8, 4) is 0 Å². The van der Waals surface area contributed by atoms with Gasteiger partial charge in [-0.3, -0.25) is 0 Å². The monoisotopic (exact) mass is 239 g/mol. The van der Waals surface area contributed by atoms with Crippen molar-refractivity contribution in [3.63, 3.8) is 0 Å². The van der Waals surface area contributed by atoms with E-state index in [1.807, 2.05) is 41.8 Å². The fourth-order valence-corrected chi connectivity index (χ4v) is 2.01. The zero-order valence-corrected chi connectivity index (χ0v) is 9.76. The topological polar surface area (TPSA) is 38.7 Å². The molecule has 82 valence electrons. The normalized spacial score (nSPS) is 11.3. The molecule has 0 aliphatic carbocycles. The molecule has 0 bridgehead atoms. The van der Waals surface area contributed by atoms with Gasteiger partial charge in [-0.15, -0.1) is 5.10 Å². The van der Waals surface area contributed by atoms with Gasteiger partial charge in [-0.1, -0.05) is 28.8 Å². The van der Waals surface area contributed by atoms with Crippen LogP contribution in [0.15, 0.2) is 41.8 Å². The second-order valence-electron chi connectivity index (χ2n) is 3.59. The van der Waals surface area contributed by atoms with Gasteiger partial charge in [0.2, 0.25) is 0 Å². The lowest BCUT2D eigenvalue weighted by atomic mass is 10.2. The van der Waals surface area contributed by atoms with Gasteiger partial charge in [-0.25, -0.2) is 4.98 Å². The van der Waals surface area contributed by atoms with E-state index in [2.05, 4.69) is 26.7 Å². The van der Waals surface area contributed by atoms with E-state index in [1.165, 1.54) is 11.5 Å². The Morgan fingerprint density at radius 2 is 1.82 bits per heavy atom. The molecule has 0 radical (unpaired) electrons. The quantitative estimate of drug-likeness (QED) is 0.689. The van der Waals surface area contributed by atoms with Gasteiger partial charge in [0.15, 0.2) is 0 Å². The number of nitrogens with zero attached hydrogens (tertiary/aromatic N) is 3. The SMILES string of the molecule is C(=C\c1ccc2ccccc2n1)/c1csnn1. The molecular formula is C13H9N3S. The zero-order chi connectivity index (χ0) is 11.5. The number of hydrogen-bond donors (Lipinski definition) is 0. The van der Waals surface area contributed by atoms with Crippen LogP contribution in [0.1, 0.15) is 11.4 Å². The van der Waals surface area contributed by atoms with Gasteiger partial charge in [-0.05, 0) is 35.8 Å². The Bertz CT molecular complexity index is 659. The Hall–Kier alpha value is -2.07. The molecule has 4 heteroatoms. The number of fused-ring (bicyclic) bond motifs is 1. The summed E-state index contributed by atoms with van der Waals surface area (Å²) in [7, 11) is 0. The highest BCUT2D eigenvalue weighted by Gasteiger charge is 1.95. The number of para-hydroxylation sites is 1. The minimum absolute atomic E-state index is 0.866. The maximum atomic E-state index is 4.54. The lowest BCUT2D eigenvalue weighted by Gasteiger charge is -1.97. The average Bonchev–Trinajstić information content (AvgIpc) is 2.89. The summed E-state index contributed by atoms with van der Waals surface area (Å²) in [5.74, 6) is 0. The smallest absolute Gasteiger partial charge is 0.0982 e. The van der Waals surface area contributed by atoms with Gasteiger partial charge in [0.25, 0.3) is 0 Å². The molecule has 2 aromatic heterocycles. The van der Waals surface area contributed by atoms with Crippen molar-refractivity contribution in [2.75, 3.05) is 0 Å². The molecule has 0 N–H and O–H groups in total. The third kappa shape index (κ3) is 2.21. The molecule has 2 heterocycles. The molecule has 0 amide bonds. The first-order valence-electron chi connectivity index (χ1n) is 5.23. The van der Waals surface area contributed by atoms with E-state index < -0.39 is 0 Å². The predicted molar refractivity (Wildman–Crippen MR) is 70.6 cm³/mol. The summed E-state index contributed by atoms with van der Waals surface area (Å²) in [5.41, 5.74) is 2.80. The van der Waals surface area contributed by atoms with Crippen molar-refractivity contribution in [1.29, 1.82) is 0 Å². The average molecular weight is 239 g/mol. The van der Waals surface area contributed by atoms with E-state index in [9.17, 15) is 0 Å². The van der Waals surface area contributed by atoms with Crippen LogP contribution in [-0.2, 0) is 0 Å². The van der Waals surface area contributed by atoms with E-state index in [0.717, 1.165) is 22.3 Å². The standard InChI is InChI=1S/C13H9N3S/c1-2-4-13-10(3-1)5-6-11(14-13)7-8-12-9-17-16-15-12/h1-9H/b8-7+. The van der Waals surface area contributed by atoms with E-state index in [4.69, 9.17) is 0 Å². The molecule has 0 saturated heterocycles. The summed E-state index contributed by atoms with van der Waals surface area (Å²) in [4.78, 5) is 4.54. The van der Waals surface area contributed by atoms with Crippen LogP contribution in [-0.4, -0.2) is 14.6 Å². The van der Waals surface area contributed by atoms with Crippen molar-refractivity contribution >= 4 is 34.6 Å². The number of rotatable bonds is 2. The lowest BCUT2D eigenvalue weighted by Crippen LogP contribution is -1.82. The first-order chi connectivity index (χ1) is 8.42. The van der Waals surface area contributed by atoms with Crippen molar-refractivity contribution in [1.82, 2.24) is 14.6 Å². The Labute approximate surface area is 103 Å². The molecule has 0 fully saturated rings. The molecule has 3 rings (SSSR count). The highest BCUT2D eigenvalue weighted by atomic mass is 32.1. The lowest BCUT2D eigenvalue weighted by molar-refractivity contribution is 1.14. The minimum atomic E-state index is 0.866. The number of pyridine rings is 1. The summed E-state index contributed by atoms with van der Waals surface area (Å²) in [5, 5.41) is 7.00. The van der Waals surface area contributed by atoms with Gasteiger partial charge in [0, 0.05) is 10.8 Å². The van der Waals surface area contributed by atoms with Crippen LogP contribution in [0.3, 0.4) is 0 Å². The van der Waals surface area contributed by atoms with Crippen molar-refractivity contribution in [3.05, 3.63) is 53.2 Å². The summed E-state index contributed by atoms with van der Waals surface area (Å²) in [6, 6.07) is 12.1. The van der Waals surface area contributed by atoms with E-state index in [0.29, 0.717) is 0 Å². The maximum absolute atomic E-state index is 4.54. The molecule has 3 aromatic rings. The molecule has 0 aliphatic heterocycles. The molecule has 0 atom stereocenters. The van der Waals surface area contributed by atoms with Crippen LogP contribution in [0.2, 0.25) is 0 Å². The van der Waals surface area contributed by atoms with Crippen LogP contribution in [0, 0.1) is 0 Å². The van der Waals surface area contributed by atoms with Crippen molar-refractivity contribution in [2.45, 2.75) is 0 Å².